The lowest BCUT2D eigenvalue weighted by molar-refractivity contribution is -0.384. The Morgan fingerprint density at radius 2 is 1.25 bits per heavy atom. The first-order valence-corrected chi connectivity index (χ1v) is 14.7. The average Bonchev–Trinajstić information content (AvgIpc) is 2.96. The lowest BCUT2D eigenvalue weighted by Gasteiger charge is -2.32. The van der Waals surface area contributed by atoms with E-state index in [1.165, 1.54) is 27.7 Å². The lowest BCUT2D eigenvalue weighted by Crippen LogP contribution is -2.60. The summed E-state index contributed by atoms with van der Waals surface area (Å²) in [7, 11) is 0. The van der Waals surface area contributed by atoms with Gasteiger partial charge in [0.05, 0.1) is 17.8 Å². The maximum absolute atomic E-state index is 13.6. The summed E-state index contributed by atoms with van der Waals surface area (Å²) in [5, 5.41) is 39.3. The van der Waals surface area contributed by atoms with Gasteiger partial charge in [-0.05, 0) is 30.9 Å². The molecule has 264 valence electrons. The summed E-state index contributed by atoms with van der Waals surface area (Å²) >= 11 is 0. The van der Waals surface area contributed by atoms with Gasteiger partial charge in [0.2, 0.25) is 35.4 Å². The van der Waals surface area contributed by atoms with Gasteiger partial charge in [-0.15, -0.1) is 0 Å². The van der Waals surface area contributed by atoms with Crippen LogP contribution in [0, 0.1) is 22.0 Å². The lowest BCUT2D eigenvalue weighted by atomic mass is 10.0. The van der Waals surface area contributed by atoms with Crippen molar-refractivity contribution in [2.45, 2.75) is 84.6 Å². The molecule has 0 radical (unpaired) electrons. The highest BCUT2D eigenvalue weighted by Gasteiger charge is 2.37. The first-order valence-electron chi connectivity index (χ1n) is 14.7. The second-order valence-corrected chi connectivity index (χ2v) is 11.5. The van der Waals surface area contributed by atoms with Gasteiger partial charge >= 0.3 is 11.9 Å². The maximum atomic E-state index is 13.6. The zero-order valence-corrected chi connectivity index (χ0v) is 27.2. The molecule has 5 atom stereocenters. The standard InChI is InChI=1S/C29H41N7O12/c1-13(2)23(32-16(6)37)28(45)33-19(11-21(38)39)26(43)34-24(14(3)4)27(44)31-15(5)29(46)35(20(25(30)42)12-22(40)41)17-7-9-18(10-8-17)36(47)48/h7-10,13-15,19-20,23-24H,11-12H2,1-6H3,(H2,30,42)(H,31,44)(H,32,37)(H,33,45)(H,34,43)(H,38,39)(H,40,41)/t15-,19-,20-,23-,24-/m0/s1. The molecular weight excluding hydrogens is 638 g/mol. The predicted molar refractivity (Wildman–Crippen MR) is 167 cm³/mol. The number of carbonyl (C=O) groups excluding carboxylic acids is 6. The van der Waals surface area contributed by atoms with Crippen LogP contribution in [0.25, 0.3) is 0 Å². The number of nitrogens with one attached hydrogen (secondary N) is 4. The van der Waals surface area contributed by atoms with Crippen LogP contribution in [0.1, 0.15) is 54.4 Å². The summed E-state index contributed by atoms with van der Waals surface area (Å²) in [6, 6.07) is -3.27. The van der Waals surface area contributed by atoms with E-state index in [1.807, 2.05) is 0 Å². The quantitative estimate of drug-likeness (QED) is 0.0728. The fourth-order valence-corrected chi connectivity index (χ4v) is 4.44. The molecule has 0 heterocycles. The Bertz CT molecular complexity index is 1410. The van der Waals surface area contributed by atoms with Crippen LogP contribution in [0.2, 0.25) is 0 Å². The first-order chi connectivity index (χ1) is 22.2. The van der Waals surface area contributed by atoms with Crippen molar-refractivity contribution in [3.63, 3.8) is 0 Å². The Morgan fingerprint density at radius 3 is 1.67 bits per heavy atom. The minimum absolute atomic E-state index is 0.142. The number of nitro benzene ring substituents is 1. The normalized spacial score (nSPS) is 14.0. The molecule has 1 rings (SSSR count). The number of aliphatic carboxylic acids is 2. The molecule has 8 N–H and O–H groups in total. The number of carbonyl (C=O) groups is 8. The molecule has 0 aliphatic rings. The van der Waals surface area contributed by atoms with Crippen LogP contribution >= 0.6 is 0 Å². The summed E-state index contributed by atoms with van der Waals surface area (Å²) in [6.45, 7) is 8.64. The molecular formula is C29H41N7O12. The Kier molecular flexibility index (Phi) is 15.1. The molecule has 19 heteroatoms. The molecule has 0 saturated carbocycles. The molecule has 1 aromatic carbocycles. The number of primary amides is 1. The highest BCUT2D eigenvalue weighted by atomic mass is 16.6. The van der Waals surface area contributed by atoms with Crippen LogP contribution in [0.4, 0.5) is 11.4 Å². The molecule has 0 saturated heterocycles. The van der Waals surface area contributed by atoms with Gasteiger partial charge in [-0.2, -0.15) is 0 Å². The van der Waals surface area contributed by atoms with Crippen molar-refractivity contribution in [3.8, 4) is 0 Å². The third-order valence-electron chi connectivity index (χ3n) is 6.88. The van der Waals surface area contributed by atoms with Gasteiger partial charge in [0, 0.05) is 24.7 Å². The summed E-state index contributed by atoms with van der Waals surface area (Å²) in [6.07, 6.45) is -1.83. The van der Waals surface area contributed by atoms with Gasteiger partial charge in [-0.1, -0.05) is 27.7 Å². The van der Waals surface area contributed by atoms with E-state index in [1.54, 1.807) is 13.8 Å². The highest BCUT2D eigenvalue weighted by molar-refractivity contribution is 6.05. The van der Waals surface area contributed by atoms with E-state index < -0.39 is 107 Å². The summed E-state index contributed by atoms with van der Waals surface area (Å²) in [4.78, 5) is 111. The van der Waals surface area contributed by atoms with Crippen LogP contribution in [0.5, 0.6) is 0 Å². The highest BCUT2D eigenvalue weighted by Crippen LogP contribution is 2.24. The number of carboxylic acids is 2. The third kappa shape index (κ3) is 12.0. The summed E-state index contributed by atoms with van der Waals surface area (Å²) < 4.78 is 0. The van der Waals surface area contributed by atoms with E-state index >= 15 is 0 Å². The zero-order chi connectivity index (χ0) is 37.0. The first kappa shape index (κ1) is 40.4. The van der Waals surface area contributed by atoms with E-state index in [4.69, 9.17) is 5.73 Å². The number of benzene rings is 1. The minimum Gasteiger partial charge on any atom is -0.481 e. The van der Waals surface area contributed by atoms with Crippen molar-refractivity contribution < 1.29 is 53.5 Å². The molecule has 0 aliphatic heterocycles. The Hall–Kier alpha value is -5.62. The van der Waals surface area contributed by atoms with Gasteiger partial charge in [0.25, 0.3) is 5.69 Å². The molecule has 19 nitrogen and oxygen atoms in total. The number of nitrogens with two attached hydrogens (primary N) is 1. The average molecular weight is 680 g/mol. The number of nitrogens with zero attached hydrogens (tertiary/aromatic N) is 2. The fraction of sp³-hybridized carbons (Fsp3) is 0.517. The van der Waals surface area contributed by atoms with E-state index in [2.05, 4.69) is 21.3 Å². The Balaban J connectivity index is 3.33. The second kappa shape index (κ2) is 17.9. The van der Waals surface area contributed by atoms with Crippen molar-refractivity contribution in [3.05, 3.63) is 34.4 Å². The minimum atomic E-state index is -1.77. The van der Waals surface area contributed by atoms with E-state index in [-0.39, 0.29) is 11.4 Å². The van der Waals surface area contributed by atoms with Crippen LogP contribution in [0.3, 0.4) is 0 Å². The fourth-order valence-electron chi connectivity index (χ4n) is 4.44. The third-order valence-corrected chi connectivity index (χ3v) is 6.88. The second-order valence-electron chi connectivity index (χ2n) is 11.5. The van der Waals surface area contributed by atoms with Crippen molar-refractivity contribution in [1.29, 1.82) is 0 Å². The smallest absolute Gasteiger partial charge is 0.306 e. The number of hydrogen-bond acceptors (Lipinski definition) is 10. The van der Waals surface area contributed by atoms with Crippen LogP contribution in [-0.4, -0.2) is 92.7 Å². The summed E-state index contributed by atoms with van der Waals surface area (Å²) in [5.41, 5.74) is 4.89. The number of hydrogen-bond donors (Lipinski definition) is 7. The molecule has 0 unspecified atom stereocenters. The van der Waals surface area contributed by atoms with Gasteiger partial charge < -0.3 is 37.2 Å². The van der Waals surface area contributed by atoms with Crippen LogP contribution in [0.15, 0.2) is 24.3 Å². The molecule has 0 aliphatic carbocycles. The topological polar surface area (TPSA) is 298 Å². The monoisotopic (exact) mass is 679 g/mol. The van der Waals surface area contributed by atoms with Crippen molar-refractivity contribution in [2.24, 2.45) is 17.6 Å². The zero-order valence-electron chi connectivity index (χ0n) is 27.2. The molecule has 6 amide bonds. The Labute approximate surface area is 275 Å². The van der Waals surface area contributed by atoms with Gasteiger partial charge in [0.1, 0.15) is 30.2 Å². The number of non-ortho nitro benzene ring substituents is 1. The SMILES string of the molecule is CC(=O)N[C@H](C(=O)N[C@@H](CC(=O)O)C(=O)N[C@H](C(=O)N[C@@H](C)C(=O)N(c1ccc([N+](=O)[O-])cc1)[C@@H](CC(=O)O)C(N)=O)C(C)C)C(C)C. The maximum Gasteiger partial charge on any atom is 0.306 e. The number of amides is 6. The predicted octanol–water partition coefficient (Wildman–Crippen LogP) is -0.978. The molecule has 48 heavy (non-hydrogen) atoms. The molecule has 0 spiro atoms. The number of rotatable bonds is 18. The van der Waals surface area contributed by atoms with Gasteiger partial charge in [-0.25, -0.2) is 0 Å². The van der Waals surface area contributed by atoms with Crippen molar-refractivity contribution in [2.75, 3.05) is 4.90 Å². The van der Waals surface area contributed by atoms with Crippen molar-refractivity contribution in [1.82, 2.24) is 21.3 Å². The van der Waals surface area contributed by atoms with E-state index in [0.29, 0.717) is 4.90 Å². The van der Waals surface area contributed by atoms with E-state index in [9.17, 15) is 58.7 Å². The largest absolute Gasteiger partial charge is 0.481 e. The number of anilines is 1. The van der Waals surface area contributed by atoms with Crippen LogP contribution < -0.4 is 31.9 Å². The van der Waals surface area contributed by atoms with Gasteiger partial charge in [-0.3, -0.25) is 53.4 Å². The molecule has 1 aromatic rings. The summed E-state index contributed by atoms with van der Waals surface area (Å²) in [5.74, 6) is -9.73. The Morgan fingerprint density at radius 1 is 0.771 bits per heavy atom. The molecule has 0 aromatic heterocycles. The van der Waals surface area contributed by atoms with Gasteiger partial charge in [0.15, 0.2) is 0 Å². The van der Waals surface area contributed by atoms with Crippen LogP contribution in [-0.2, 0) is 38.4 Å². The molecule has 0 bridgehead atoms. The van der Waals surface area contributed by atoms with E-state index in [0.717, 1.165) is 24.3 Å². The van der Waals surface area contributed by atoms with Crippen molar-refractivity contribution >= 4 is 58.8 Å². The number of nitro groups is 1. The molecule has 0 fully saturated rings. The number of carboxylic acid groups (broad SMARTS) is 2.